The predicted octanol–water partition coefficient (Wildman–Crippen LogP) is 3.53. The largest absolute Gasteiger partial charge is 0.493 e. The number of rotatable bonds is 6. The molecule has 2 N–H and O–H groups in total. The summed E-state index contributed by atoms with van der Waals surface area (Å²) in [7, 11) is 1.61. The molecule has 0 unspecified atom stereocenters. The van der Waals surface area contributed by atoms with Gasteiger partial charge in [0.1, 0.15) is 18.2 Å². The highest BCUT2D eigenvalue weighted by atomic mass is 16.5. The minimum absolute atomic E-state index is 0.0251. The first-order valence-corrected chi connectivity index (χ1v) is 10.8. The van der Waals surface area contributed by atoms with Crippen LogP contribution in [-0.4, -0.2) is 35.1 Å². The monoisotopic (exact) mass is 428 g/mol. The van der Waals surface area contributed by atoms with Crippen LogP contribution in [0.15, 0.2) is 36.7 Å². The summed E-state index contributed by atoms with van der Waals surface area (Å²) in [5.74, 6) is 3.65. The third kappa shape index (κ3) is 3.80. The molecule has 1 amide bonds. The number of aryl methyl sites for hydroxylation is 1. The molecule has 7 nitrogen and oxygen atoms in total. The summed E-state index contributed by atoms with van der Waals surface area (Å²) in [5.41, 5.74) is 4.62. The highest BCUT2D eigenvalue weighted by Crippen LogP contribution is 2.38. The van der Waals surface area contributed by atoms with Gasteiger partial charge in [-0.2, -0.15) is 0 Å². The summed E-state index contributed by atoms with van der Waals surface area (Å²) in [6.07, 6.45) is 11.4. The lowest BCUT2D eigenvalue weighted by molar-refractivity contribution is -0.117. The van der Waals surface area contributed by atoms with Gasteiger partial charge < -0.3 is 20.1 Å². The molecule has 0 radical (unpaired) electrons. The van der Waals surface area contributed by atoms with Crippen molar-refractivity contribution in [3.8, 4) is 23.8 Å². The number of carbonyl (C=O) groups is 1. The Labute approximate surface area is 186 Å². The van der Waals surface area contributed by atoms with Gasteiger partial charge in [0.15, 0.2) is 11.5 Å². The number of terminal acetylenes is 1. The summed E-state index contributed by atoms with van der Waals surface area (Å²) in [4.78, 5) is 20.3. The Balaban J connectivity index is 1.41. The zero-order valence-corrected chi connectivity index (χ0v) is 17.9. The SMILES string of the molecule is C#CC(=O)NC1CC(Oc2cc3c(Nc4cccc5c4CCC5)ncnc3cc2OC)C1. The highest BCUT2D eigenvalue weighted by Gasteiger charge is 2.32. The normalized spacial score (nSPS) is 18.9. The first kappa shape index (κ1) is 20.1. The number of amides is 1. The quantitative estimate of drug-likeness (QED) is 0.585. The summed E-state index contributed by atoms with van der Waals surface area (Å²) in [5, 5.41) is 7.15. The minimum Gasteiger partial charge on any atom is -0.493 e. The number of aromatic nitrogens is 2. The Morgan fingerprint density at radius 1 is 1.19 bits per heavy atom. The van der Waals surface area contributed by atoms with Crippen LogP contribution in [0.3, 0.4) is 0 Å². The van der Waals surface area contributed by atoms with Crippen LogP contribution in [0.2, 0.25) is 0 Å². The number of fused-ring (bicyclic) bond motifs is 2. The molecule has 32 heavy (non-hydrogen) atoms. The average Bonchev–Trinajstić information content (AvgIpc) is 3.27. The number of benzene rings is 2. The molecular formula is C25H24N4O3. The fourth-order valence-corrected chi connectivity index (χ4v) is 4.47. The molecular weight excluding hydrogens is 404 g/mol. The number of hydrogen-bond donors (Lipinski definition) is 2. The Kier molecular flexibility index (Phi) is 5.28. The molecule has 0 atom stereocenters. The second-order valence-corrected chi connectivity index (χ2v) is 8.19. The first-order valence-electron chi connectivity index (χ1n) is 10.8. The van der Waals surface area contributed by atoms with Crippen molar-refractivity contribution in [1.82, 2.24) is 15.3 Å². The average molecular weight is 428 g/mol. The van der Waals surface area contributed by atoms with E-state index < -0.39 is 5.91 Å². The molecule has 1 saturated carbocycles. The Morgan fingerprint density at radius 3 is 2.88 bits per heavy atom. The summed E-state index contributed by atoms with van der Waals surface area (Å²) >= 11 is 0. The maximum Gasteiger partial charge on any atom is 0.295 e. The highest BCUT2D eigenvalue weighted by molar-refractivity contribution is 5.94. The van der Waals surface area contributed by atoms with Crippen LogP contribution in [0.4, 0.5) is 11.5 Å². The topological polar surface area (TPSA) is 85.4 Å². The van der Waals surface area contributed by atoms with Crippen LogP contribution in [0, 0.1) is 12.3 Å². The van der Waals surface area contributed by atoms with Gasteiger partial charge in [-0.15, -0.1) is 6.42 Å². The van der Waals surface area contributed by atoms with Gasteiger partial charge in [-0.05, 0) is 48.4 Å². The lowest BCUT2D eigenvalue weighted by Gasteiger charge is -2.35. The molecule has 0 saturated heterocycles. The summed E-state index contributed by atoms with van der Waals surface area (Å²) in [6.45, 7) is 0. The van der Waals surface area contributed by atoms with E-state index in [1.807, 2.05) is 12.1 Å². The van der Waals surface area contributed by atoms with E-state index in [2.05, 4.69) is 44.7 Å². The van der Waals surface area contributed by atoms with E-state index >= 15 is 0 Å². The van der Waals surface area contributed by atoms with E-state index in [1.165, 1.54) is 17.5 Å². The third-order valence-corrected chi connectivity index (χ3v) is 6.17. The molecule has 2 aliphatic rings. The summed E-state index contributed by atoms with van der Waals surface area (Å²) in [6, 6.07) is 10.2. The number of anilines is 2. The Hall–Kier alpha value is -3.79. The van der Waals surface area contributed by atoms with Gasteiger partial charge in [-0.1, -0.05) is 12.1 Å². The maximum absolute atomic E-state index is 11.4. The van der Waals surface area contributed by atoms with Gasteiger partial charge in [-0.3, -0.25) is 4.79 Å². The van der Waals surface area contributed by atoms with Crippen LogP contribution in [0.1, 0.15) is 30.4 Å². The standard InChI is InChI=1S/C25H24N4O3/c1-3-24(30)28-16-10-17(11-16)32-23-12-19-21(13-22(23)31-2)26-14-27-25(19)29-20-9-5-7-15-6-4-8-18(15)20/h1,5,7,9,12-14,16-17H,4,6,8,10-11H2,2H3,(H,28,30)(H,26,27,29). The smallest absolute Gasteiger partial charge is 0.295 e. The second-order valence-electron chi connectivity index (χ2n) is 8.19. The van der Waals surface area contributed by atoms with Gasteiger partial charge >= 0.3 is 0 Å². The van der Waals surface area contributed by atoms with Crippen molar-refractivity contribution in [2.45, 2.75) is 44.2 Å². The van der Waals surface area contributed by atoms with Gasteiger partial charge in [-0.25, -0.2) is 9.97 Å². The minimum atomic E-state index is -0.392. The van der Waals surface area contributed by atoms with Crippen molar-refractivity contribution in [2.24, 2.45) is 0 Å². The molecule has 0 aliphatic heterocycles. The zero-order chi connectivity index (χ0) is 22.1. The van der Waals surface area contributed by atoms with Crippen molar-refractivity contribution < 1.29 is 14.3 Å². The molecule has 162 valence electrons. The zero-order valence-electron chi connectivity index (χ0n) is 17.9. The van der Waals surface area contributed by atoms with Crippen molar-refractivity contribution in [3.05, 3.63) is 47.8 Å². The van der Waals surface area contributed by atoms with Gasteiger partial charge in [0.2, 0.25) is 0 Å². The van der Waals surface area contributed by atoms with Crippen LogP contribution in [0.25, 0.3) is 10.9 Å². The Morgan fingerprint density at radius 2 is 2.06 bits per heavy atom. The van der Waals surface area contributed by atoms with Crippen LogP contribution < -0.4 is 20.1 Å². The lowest BCUT2D eigenvalue weighted by atomic mass is 9.89. The van der Waals surface area contributed by atoms with Crippen LogP contribution in [0.5, 0.6) is 11.5 Å². The van der Waals surface area contributed by atoms with Crippen LogP contribution >= 0.6 is 0 Å². The van der Waals surface area contributed by atoms with Crippen molar-refractivity contribution >= 4 is 28.3 Å². The summed E-state index contributed by atoms with van der Waals surface area (Å²) < 4.78 is 11.7. The molecule has 0 bridgehead atoms. The van der Waals surface area contributed by atoms with Crippen LogP contribution in [-0.2, 0) is 17.6 Å². The number of methoxy groups -OCH3 is 1. The first-order chi connectivity index (χ1) is 15.6. The van der Waals surface area contributed by atoms with E-state index in [-0.39, 0.29) is 12.1 Å². The van der Waals surface area contributed by atoms with E-state index in [1.54, 1.807) is 13.4 Å². The maximum atomic E-state index is 11.4. The molecule has 5 rings (SSSR count). The predicted molar refractivity (Wildman–Crippen MR) is 122 cm³/mol. The second kappa shape index (κ2) is 8.39. The van der Waals surface area contributed by atoms with E-state index in [9.17, 15) is 4.79 Å². The van der Waals surface area contributed by atoms with E-state index in [4.69, 9.17) is 15.9 Å². The van der Waals surface area contributed by atoms with Gasteiger partial charge in [0.05, 0.1) is 12.6 Å². The lowest BCUT2D eigenvalue weighted by Crippen LogP contribution is -2.48. The molecule has 1 fully saturated rings. The molecule has 2 aliphatic carbocycles. The van der Waals surface area contributed by atoms with Crippen molar-refractivity contribution in [3.63, 3.8) is 0 Å². The number of hydrogen-bond acceptors (Lipinski definition) is 6. The molecule has 2 aromatic carbocycles. The number of carbonyl (C=O) groups excluding carboxylic acids is 1. The van der Waals surface area contributed by atoms with E-state index in [0.717, 1.165) is 35.2 Å². The van der Waals surface area contributed by atoms with Crippen molar-refractivity contribution in [2.75, 3.05) is 12.4 Å². The fraction of sp³-hybridized carbons (Fsp3) is 0.320. The van der Waals surface area contributed by atoms with E-state index in [0.29, 0.717) is 24.3 Å². The Bertz CT molecular complexity index is 1230. The molecule has 1 aromatic heterocycles. The molecule has 7 heteroatoms. The number of nitrogens with zero attached hydrogens (tertiary/aromatic N) is 2. The van der Waals surface area contributed by atoms with Gasteiger partial charge in [0.25, 0.3) is 5.91 Å². The fourth-order valence-electron chi connectivity index (χ4n) is 4.47. The molecule has 1 heterocycles. The molecule has 0 spiro atoms. The number of ether oxygens (including phenoxy) is 2. The molecule has 3 aromatic rings. The third-order valence-electron chi connectivity index (χ3n) is 6.17. The number of nitrogens with one attached hydrogen (secondary N) is 2. The van der Waals surface area contributed by atoms with Gasteiger partial charge in [0, 0.05) is 36.0 Å². The van der Waals surface area contributed by atoms with Crippen molar-refractivity contribution in [1.29, 1.82) is 0 Å².